The lowest BCUT2D eigenvalue weighted by atomic mass is 9.81. The van der Waals surface area contributed by atoms with Crippen molar-refractivity contribution in [2.75, 3.05) is 4.90 Å². The van der Waals surface area contributed by atoms with Gasteiger partial charge in [0.1, 0.15) is 22.3 Å². The molecule has 0 bridgehead atoms. The van der Waals surface area contributed by atoms with Crippen LogP contribution in [0.4, 0.5) is 17.1 Å². The average molecular weight is 934 g/mol. The third kappa shape index (κ3) is 5.44. The molecule has 12 aromatic carbocycles. The van der Waals surface area contributed by atoms with Crippen LogP contribution in [0.5, 0.6) is 0 Å². The Hall–Kier alpha value is -8.92. The van der Waals surface area contributed by atoms with Crippen LogP contribution in [0.1, 0.15) is 49.9 Å². The molecule has 16 rings (SSSR count). The quantitative estimate of drug-likeness (QED) is 0.165. The van der Waals surface area contributed by atoms with E-state index >= 15 is 0 Å². The molecule has 3 heteroatoms. The first-order valence-corrected chi connectivity index (χ1v) is 25.6. The number of anilines is 3. The number of rotatable bonds is 4. The zero-order valence-corrected chi connectivity index (χ0v) is 41.0. The smallest absolute Gasteiger partial charge is 0.136 e. The molecule has 0 saturated carbocycles. The number of hydrogen-bond acceptors (Lipinski definition) is 3. The maximum Gasteiger partial charge on any atom is 0.136 e. The third-order valence-electron chi connectivity index (χ3n) is 17.0. The molecule has 344 valence electrons. The number of furan rings is 2. The van der Waals surface area contributed by atoms with E-state index in [0.717, 1.165) is 50.2 Å². The fraction of sp³-hybridized carbons (Fsp3) is 0.0857. The Labute approximate surface area is 422 Å². The zero-order chi connectivity index (χ0) is 48.5. The Morgan fingerprint density at radius 2 is 0.726 bits per heavy atom. The van der Waals surface area contributed by atoms with Crippen molar-refractivity contribution >= 4 is 104 Å². The minimum absolute atomic E-state index is 0.241. The van der Waals surface area contributed by atoms with E-state index in [9.17, 15) is 0 Å². The maximum atomic E-state index is 6.51. The van der Waals surface area contributed by atoms with E-state index < -0.39 is 0 Å². The number of hydrogen-bond donors (Lipinski definition) is 0. The molecule has 0 amide bonds. The summed E-state index contributed by atoms with van der Waals surface area (Å²) in [4.78, 5) is 2.58. The summed E-state index contributed by atoms with van der Waals surface area (Å²) < 4.78 is 13.0. The van der Waals surface area contributed by atoms with E-state index in [2.05, 4.69) is 245 Å². The SMILES string of the molecule is CC1(C)c2cc3cc(N(c4ccccc4-c4ccccc4)c4cc5cc6c(cc5c5ccccc45)-c4c(ccc5oc7ccccc7c45)C6(C)C)c4ccccc4c3cc2-c2c1ccc1oc3ccccc3c21. The second-order valence-corrected chi connectivity index (χ2v) is 21.5. The van der Waals surface area contributed by atoms with Gasteiger partial charge < -0.3 is 13.7 Å². The molecule has 0 N–H and O–H groups in total. The Kier molecular flexibility index (Phi) is 8.02. The van der Waals surface area contributed by atoms with Gasteiger partial charge in [-0.25, -0.2) is 0 Å². The molecule has 0 aliphatic heterocycles. The summed E-state index contributed by atoms with van der Waals surface area (Å²) in [6.07, 6.45) is 0. The van der Waals surface area contributed by atoms with Crippen LogP contribution in [0.25, 0.3) is 120 Å². The molecule has 0 spiro atoms. The van der Waals surface area contributed by atoms with Gasteiger partial charge in [-0.2, -0.15) is 0 Å². The summed E-state index contributed by atoms with van der Waals surface area (Å²) >= 11 is 0. The molecule has 0 fully saturated rings. The van der Waals surface area contributed by atoms with Gasteiger partial charge in [0.2, 0.25) is 0 Å². The van der Waals surface area contributed by atoms with Crippen molar-refractivity contribution in [3.8, 4) is 33.4 Å². The molecule has 73 heavy (non-hydrogen) atoms. The van der Waals surface area contributed by atoms with Crippen molar-refractivity contribution in [3.05, 3.63) is 235 Å². The summed E-state index contributed by atoms with van der Waals surface area (Å²) in [7, 11) is 0. The molecule has 2 aliphatic rings. The highest BCUT2D eigenvalue weighted by atomic mass is 16.3. The lowest BCUT2D eigenvalue weighted by molar-refractivity contribution is 0.657. The largest absolute Gasteiger partial charge is 0.456 e. The van der Waals surface area contributed by atoms with E-state index in [1.54, 1.807) is 0 Å². The highest BCUT2D eigenvalue weighted by Gasteiger charge is 2.40. The molecular formula is C70H47NO2. The lowest BCUT2D eigenvalue weighted by Gasteiger charge is -2.31. The normalized spacial score (nSPS) is 14.2. The highest BCUT2D eigenvalue weighted by Crippen LogP contribution is 2.58. The van der Waals surface area contributed by atoms with Crippen LogP contribution in [0.15, 0.2) is 221 Å². The Morgan fingerprint density at radius 1 is 0.301 bits per heavy atom. The van der Waals surface area contributed by atoms with E-state index in [1.165, 1.54) is 109 Å². The van der Waals surface area contributed by atoms with Crippen molar-refractivity contribution < 1.29 is 8.83 Å². The van der Waals surface area contributed by atoms with E-state index in [-0.39, 0.29) is 10.8 Å². The fourth-order valence-corrected chi connectivity index (χ4v) is 13.5. The molecule has 0 atom stereocenters. The molecule has 0 radical (unpaired) electrons. The molecule has 2 aromatic heterocycles. The van der Waals surface area contributed by atoms with Crippen molar-refractivity contribution in [2.24, 2.45) is 0 Å². The van der Waals surface area contributed by atoms with E-state index in [4.69, 9.17) is 8.83 Å². The van der Waals surface area contributed by atoms with Crippen LogP contribution < -0.4 is 4.90 Å². The Balaban J connectivity index is 0.991. The topological polar surface area (TPSA) is 29.5 Å². The van der Waals surface area contributed by atoms with Crippen LogP contribution >= 0.6 is 0 Å². The summed E-state index contributed by atoms with van der Waals surface area (Å²) in [6.45, 7) is 9.55. The molecule has 2 aliphatic carbocycles. The van der Waals surface area contributed by atoms with Crippen LogP contribution in [-0.4, -0.2) is 0 Å². The molecule has 0 unspecified atom stereocenters. The van der Waals surface area contributed by atoms with Crippen LogP contribution in [0.3, 0.4) is 0 Å². The highest BCUT2D eigenvalue weighted by molar-refractivity contribution is 6.23. The number of benzene rings is 12. The zero-order valence-electron chi connectivity index (χ0n) is 41.0. The van der Waals surface area contributed by atoms with Crippen LogP contribution in [-0.2, 0) is 10.8 Å². The predicted octanol–water partition coefficient (Wildman–Crippen LogP) is 19.8. The second kappa shape index (κ2) is 14.4. The molecule has 0 saturated heterocycles. The van der Waals surface area contributed by atoms with Crippen molar-refractivity contribution in [1.82, 2.24) is 0 Å². The number of nitrogens with zero attached hydrogens (tertiary/aromatic N) is 1. The van der Waals surface area contributed by atoms with Gasteiger partial charge in [-0.05, 0) is 149 Å². The van der Waals surface area contributed by atoms with E-state index in [1.807, 2.05) is 0 Å². The van der Waals surface area contributed by atoms with Crippen molar-refractivity contribution in [3.63, 3.8) is 0 Å². The first-order valence-electron chi connectivity index (χ1n) is 25.6. The second-order valence-electron chi connectivity index (χ2n) is 21.5. The molecule has 14 aromatic rings. The predicted molar refractivity (Wildman–Crippen MR) is 306 cm³/mol. The minimum atomic E-state index is -0.241. The molecular weight excluding hydrogens is 887 g/mol. The lowest BCUT2D eigenvalue weighted by Crippen LogP contribution is -2.15. The fourth-order valence-electron chi connectivity index (χ4n) is 13.5. The summed E-state index contributed by atoms with van der Waals surface area (Å²) in [6, 6.07) is 78.8. The molecule has 2 heterocycles. The number of para-hydroxylation sites is 3. The maximum absolute atomic E-state index is 6.51. The van der Waals surface area contributed by atoms with Crippen molar-refractivity contribution in [2.45, 2.75) is 38.5 Å². The van der Waals surface area contributed by atoms with Gasteiger partial charge in [0, 0.05) is 48.7 Å². The minimum Gasteiger partial charge on any atom is -0.456 e. The van der Waals surface area contributed by atoms with Gasteiger partial charge in [0.15, 0.2) is 0 Å². The van der Waals surface area contributed by atoms with Gasteiger partial charge in [0.25, 0.3) is 0 Å². The third-order valence-corrected chi connectivity index (χ3v) is 17.0. The van der Waals surface area contributed by atoms with Crippen LogP contribution in [0.2, 0.25) is 0 Å². The van der Waals surface area contributed by atoms with Gasteiger partial charge in [0.05, 0.1) is 17.1 Å². The van der Waals surface area contributed by atoms with Gasteiger partial charge >= 0.3 is 0 Å². The Morgan fingerprint density at radius 3 is 1.23 bits per heavy atom. The monoisotopic (exact) mass is 933 g/mol. The first-order chi connectivity index (χ1) is 35.7. The number of fused-ring (bicyclic) bond motifs is 20. The average Bonchev–Trinajstić information content (AvgIpc) is 4.16. The summed E-state index contributed by atoms with van der Waals surface area (Å²) in [5, 5.41) is 14.4. The molecule has 3 nitrogen and oxygen atoms in total. The standard InChI is InChI=1S/C70H47NO2/c1-69(2)54-30-32-63-67(48-25-13-16-28-61(48)72-63)65(54)52-38-50-41(34-56(52)69)36-59(46-23-10-8-21-44(46)50)71(58-27-15-12-20-43(58)40-18-6-5-7-19-40)60-37-42-35-57-53(39-51(42)45-22-9-11-24-47(45)60)66-55(70(57,3)4)31-33-64-68(66)49-26-14-17-29-62(49)73-64/h5-39H,1-4H3. The van der Waals surface area contributed by atoms with Crippen molar-refractivity contribution in [1.29, 1.82) is 0 Å². The Bertz CT molecular complexity index is 4480. The van der Waals surface area contributed by atoms with Crippen LogP contribution in [0, 0.1) is 0 Å². The summed E-state index contributed by atoms with van der Waals surface area (Å²) in [5.41, 5.74) is 19.4. The van der Waals surface area contributed by atoms with Gasteiger partial charge in [-0.15, -0.1) is 0 Å². The van der Waals surface area contributed by atoms with E-state index in [0.29, 0.717) is 0 Å². The summed E-state index contributed by atoms with van der Waals surface area (Å²) in [5.74, 6) is 0. The van der Waals surface area contributed by atoms with Gasteiger partial charge in [-0.1, -0.05) is 173 Å². The van der Waals surface area contributed by atoms with Gasteiger partial charge in [-0.3, -0.25) is 0 Å². The first kappa shape index (κ1) is 40.8.